The van der Waals surface area contributed by atoms with Gasteiger partial charge in [0.05, 0.1) is 19.4 Å². The van der Waals surface area contributed by atoms with E-state index in [1.807, 2.05) is 0 Å². The molecule has 184 valence electrons. The highest BCUT2D eigenvalue weighted by Crippen LogP contribution is 2.35. The lowest BCUT2D eigenvalue weighted by atomic mass is 10.1. The van der Waals surface area contributed by atoms with Crippen molar-refractivity contribution in [1.29, 1.82) is 0 Å². The van der Waals surface area contributed by atoms with Gasteiger partial charge in [-0.2, -0.15) is 4.37 Å². The van der Waals surface area contributed by atoms with Gasteiger partial charge < -0.3 is 26.3 Å². The second kappa shape index (κ2) is 11.4. The molecule has 0 unspecified atom stereocenters. The molecular weight excluding hydrogens is 494 g/mol. The van der Waals surface area contributed by atoms with Gasteiger partial charge in [-0.05, 0) is 42.0 Å². The molecule has 2 heterocycles. The lowest BCUT2D eigenvalue weighted by Crippen LogP contribution is -2.45. The quantitative estimate of drug-likeness (QED) is 0.343. The largest absolute Gasteiger partial charge is 0.497 e. The number of ether oxygens (including phenoxy) is 2. The second-order valence-electron chi connectivity index (χ2n) is 6.96. The predicted molar refractivity (Wildman–Crippen MR) is 132 cm³/mol. The Balaban J connectivity index is 2.12. The van der Waals surface area contributed by atoms with E-state index in [1.165, 1.54) is 23.3 Å². The Morgan fingerprint density at radius 3 is 2.57 bits per heavy atom. The van der Waals surface area contributed by atoms with Crippen molar-refractivity contribution in [3.63, 3.8) is 0 Å². The number of rotatable bonds is 10. The molecule has 13 heteroatoms. The van der Waals surface area contributed by atoms with E-state index in [1.54, 1.807) is 48.7 Å². The van der Waals surface area contributed by atoms with E-state index in [9.17, 15) is 19.2 Å². The van der Waals surface area contributed by atoms with Crippen molar-refractivity contribution in [2.24, 2.45) is 5.73 Å². The fraction of sp³-hybridized carbons (Fsp3) is 0.227. The number of primary amides is 1. The number of methoxy groups -OCH3 is 1. The highest BCUT2D eigenvalue weighted by Gasteiger charge is 2.37. The lowest BCUT2D eigenvalue weighted by molar-refractivity contribution is -0.143. The molecule has 0 spiro atoms. The summed E-state index contributed by atoms with van der Waals surface area (Å²) >= 11 is 1.94. The molecule has 1 aromatic carbocycles. The molecule has 11 nitrogen and oxygen atoms in total. The summed E-state index contributed by atoms with van der Waals surface area (Å²) in [6.07, 6.45) is 0. The molecule has 3 rings (SSSR count). The second-order valence-corrected chi connectivity index (χ2v) is 8.71. The number of nitrogens with two attached hydrogens (primary N) is 2. The van der Waals surface area contributed by atoms with Crippen LogP contribution in [-0.2, 0) is 14.3 Å². The van der Waals surface area contributed by atoms with Gasteiger partial charge in [-0.3, -0.25) is 24.1 Å². The SMILES string of the molecule is CCOC(=O)CNC(=O)[C@H](c1cccs1)N(C(=O)c1snc(C(N)=O)c1N)c1cccc(OC)c1. The molecule has 0 aliphatic heterocycles. The van der Waals surface area contributed by atoms with Crippen LogP contribution >= 0.6 is 22.9 Å². The molecule has 0 aliphatic carbocycles. The van der Waals surface area contributed by atoms with E-state index in [4.69, 9.17) is 20.9 Å². The van der Waals surface area contributed by atoms with Gasteiger partial charge in [0.1, 0.15) is 17.2 Å². The van der Waals surface area contributed by atoms with Crippen LogP contribution in [0.15, 0.2) is 41.8 Å². The Morgan fingerprint density at radius 2 is 1.97 bits per heavy atom. The number of aromatic nitrogens is 1. The zero-order valence-electron chi connectivity index (χ0n) is 18.8. The Bertz CT molecular complexity index is 1230. The third-order valence-corrected chi connectivity index (χ3v) is 6.51. The molecule has 3 amide bonds. The molecule has 0 radical (unpaired) electrons. The fourth-order valence-electron chi connectivity index (χ4n) is 3.17. The Labute approximate surface area is 208 Å². The Kier molecular flexibility index (Phi) is 8.39. The zero-order chi connectivity index (χ0) is 25.5. The van der Waals surface area contributed by atoms with Gasteiger partial charge in [0.15, 0.2) is 11.7 Å². The third-order valence-electron chi connectivity index (χ3n) is 4.74. The van der Waals surface area contributed by atoms with Gasteiger partial charge >= 0.3 is 5.97 Å². The molecule has 0 saturated heterocycles. The van der Waals surface area contributed by atoms with Crippen LogP contribution in [0.25, 0.3) is 0 Å². The third kappa shape index (κ3) is 5.75. The first-order valence-corrected chi connectivity index (χ1v) is 11.9. The van der Waals surface area contributed by atoms with Crippen molar-refractivity contribution < 1.29 is 28.7 Å². The highest BCUT2D eigenvalue weighted by molar-refractivity contribution is 7.10. The summed E-state index contributed by atoms with van der Waals surface area (Å²) in [7, 11) is 1.47. The highest BCUT2D eigenvalue weighted by atomic mass is 32.1. The molecule has 5 N–H and O–H groups in total. The maximum atomic E-state index is 13.8. The fourth-order valence-corrected chi connectivity index (χ4v) is 4.73. The smallest absolute Gasteiger partial charge is 0.325 e. The minimum absolute atomic E-state index is 0.0682. The van der Waals surface area contributed by atoms with Crippen LogP contribution in [0.1, 0.15) is 38.0 Å². The van der Waals surface area contributed by atoms with E-state index in [0.717, 1.165) is 0 Å². The van der Waals surface area contributed by atoms with Crippen molar-refractivity contribution in [3.8, 4) is 5.75 Å². The number of benzene rings is 1. The first kappa shape index (κ1) is 25.6. The topological polar surface area (TPSA) is 167 Å². The number of thiophene rings is 1. The van der Waals surface area contributed by atoms with Crippen molar-refractivity contribution in [2.75, 3.05) is 30.9 Å². The van der Waals surface area contributed by atoms with Gasteiger partial charge in [-0.25, -0.2) is 0 Å². The standard InChI is InChI=1S/C22H23N5O6S2/c1-3-33-15(28)11-25-21(30)18(14-8-5-9-34-14)27(12-6-4-7-13(10-12)32-2)22(31)19-16(23)17(20(24)29)26-35-19/h4-10,18H,3,11,23H2,1-2H3,(H2,24,29)(H,25,30)/t18-/m0/s1. The summed E-state index contributed by atoms with van der Waals surface area (Å²) in [6, 6.07) is 8.75. The number of carbonyl (C=O) groups is 4. The molecule has 0 bridgehead atoms. The first-order chi connectivity index (χ1) is 16.8. The van der Waals surface area contributed by atoms with Gasteiger partial charge in [0, 0.05) is 16.6 Å². The maximum absolute atomic E-state index is 13.8. The minimum Gasteiger partial charge on any atom is -0.497 e. The molecular formula is C22H23N5O6S2. The van der Waals surface area contributed by atoms with Crippen LogP contribution < -0.4 is 26.4 Å². The average molecular weight is 518 g/mol. The Morgan fingerprint density at radius 1 is 1.20 bits per heavy atom. The maximum Gasteiger partial charge on any atom is 0.325 e. The number of esters is 1. The van der Waals surface area contributed by atoms with Crippen molar-refractivity contribution in [1.82, 2.24) is 9.69 Å². The van der Waals surface area contributed by atoms with Gasteiger partial charge in [0.25, 0.3) is 11.8 Å². The van der Waals surface area contributed by atoms with Crippen LogP contribution in [0.4, 0.5) is 11.4 Å². The monoisotopic (exact) mass is 517 g/mol. The van der Waals surface area contributed by atoms with Crippen LogP contribution in [0.2, 0.25) is 0 Å². The molecule has 0 saturated carbocycles. The minimum atomic E-state index is -1.19. The number of carbonyl (C=O) groups excluding carboxylic acids is 4. The Hall–Kier alpha value is -3.97. The van der Waals surface area contributed by atoms with Crippen LogP contribution in [0.5, 0.6) is 5.75 Å². The van der Waals surface area contributed by atoms with E-state index in [2.05, 4.69) is 9.69 Å². The molecule has 0 aliphatic rings. The van der Waals surface area contributed by atoms with Crippen molar-refractivity contribution in [3.05, 3.63) is 57.2 Å². The van der Waals surface area contributed by atoms with Gasteiger partial charge in [-0.15, -0.1) is 11.3 Å². The molecule has 2 aromatic heterocycles. The molecule has 1 atom stereocenters. The number of nitrogen functional groups attached to an aromatic ring is 1. The molecule has 3 aromatic rings. The first-order valence-electron chi connectivity index (χ1n) is 10.3. The van der Waals surface area contributed by atoms with Crippen LogP contribution in [0.3, 0.4) is 0 Å². The number of anilines is 2. The van der Waals surface area contributed by atoms with Crippen LogP contribution in [-0.4, -0.2) is 48.3 Å². The van der Waals surface area contributed by atoms with Crippen LogP contribution in [0, 0.1) is 0 Å². The van der Waals surface area contributed by atoms with Crippen molar-refractivity contribution >= 4 is 57.9 Å². The summed E-state index contributed by atoms with van der Waals surface area (Å²) < 4.78 is 14.1. The summed E-state index contributed by atoms with van der Waals surface area (Å²) in [5, 5.41) is 4.28. The number of hydrogen-bond donors (Lipinski definition) is 3. The van der Waals surface area contributed by atoms with E-state index >= 15 is 0 Å². The summed E-state index contributed by atoms with van der Waals surface area (Å²) in [5.41, 5.74) is 11.2. The predicted octanol–water partition coefficient (Wildman–Crippen LogP) is 1.96. The summed E-state index contributed by atoms with van der Waals surface area (Å²) in [4.78, 5) is 52.4. The van der Waals surface area contributed by atoms with Gasteiger partial charge in [0.2, 0.25) is 5.91 Å². The summed E-state index contributed by atoms with van der Waals surface area (Å²) in [6.45, 7) is 1.42. The van der Waals surface area contributed by atoms with E-state index < -0.39 is 29.7 Å². The summed E-state index contributed by atoms with van der Waals surface area (Å²) in [5.74, 6) is -2.39. The lowest BCUT2D eigenvalue weighted by Gasteiger charge is -2.30. The number of hydrogen-bond acceptors (Lipinski definition) is 10. The normalized spacial score (nSPS) is 11.4. The van der Waals surface area contributed by atoms with Gasteiger partial charge in [-0.1, -0.05) is 12.1 Å². The van der Waals surface area contributed by atoms with E-state index in [-0.39, 0.29) is 29.4 Å². The number of nitrogens with one attached hydrogen (secondary N) is 1. The zero-order valence-corrected chi connectivity index (χ0v) is 20.5. The molecule has 35 heavy (non-hydrogen) atoms. The van der Waals surface area contributed by atoms with Crippen molar-refractivity contribution in [2.45, 2.75) is 13.0 Å². The molecule has 0 fully saturated rings. The number of amides is 3. The average Bonchev–Trinajstić information content (AvgIpc) is 3.50. The number of nitrogens with zero attached hydrogens (tertiary/aromatic N) is 2. The van der Waals surface area contributed by atoms with E-state index in [0.29, 0.717) is 27.8 Å².